The van der Waals surface area contributed by atoms with Gasteiger partial charge in [0.1, 0.15) is 6.17 Å². The van der Waals surface area contributed by atoms with Gasteiger partial charge in [-0.05, 0) is 24.8 Å². The van der Waals surface area contributed by atoms with Crippen molar-refractivity contribution >= 4 is 5.69 Å². The Morgan fingerprint density at radius 3 is 2.94 bits per heavy atom. The molecule has 4 N–H and O–H groups in total. The van der Waals surface area contributed by atoms with Crippen molar-refractivity contribution < 1.29 is 0 Å². The molecule has 16 heavy (non-hydrogen) atoms. The molecule has 1 unspecified atom stereocenters. The predicted molar refractivity (Wildman–Crippen MR) is 67.6 cm³/mol. The summed E-state index contributed by atoms with van der Waals surface area (Å²) in [5.41, 5.74) is 7.87. The Morgan fingerprint density at radius 2 is 2.06 bits per heavy atom. The number of para-hydroxylation sites is 1. The van der Waals surface area contributed by atoms with Crippen LogP contribution < -0.4 is 16.4 Å². The van der Waals surface area contributed by atoms with Crippen molar-refractivity contribution in [3.8, 4) is 0 Å². The zero-order valence-corrected chi connectivity index (χ0v) is 9.19. The number of rotatable bonds is 1. The largest absolute Gasteiger partial charge is 0.398 e. The maximum Gasteiger partial charge on any atom is 0.105 e. The van der Waals surface area contributed by atoms with E-state index in [1.807, 2.05) is 42.6 Å². The molecule has 0 amide bonds. The van der Waals surface area contributed by atoms with Gasteiger partial charge in [-0.25, -0.2) is 0 Å². The molecule has 0 radical (unpaired) electrons. The van der Waals surface area contributed by atoms with E-state index in [2.05, 4.69) is 16.7 Å². The lowest BCUT2D eigenvalue weighted by Gasteiger charge is -2.20. The zero-order valence-electron chi connectivity index (χ0n) is 9.19. The molecular weight excluding hydrogens is 198 g/mol. The molecule has 3 heteroatoms. The molecule has 1 aliphatic heterocycles. The Bertz CT molecular complexity index is 396. The molecule has 1 aliphatic rings. The number of nitrogens with one attached hydrogen (secondary N) is 2. The van der Waals surface area contributed by atoms with Gasteiger partial charge >= 0.3 is 0 Å². The van der Waals surface area contributed by atoms with Crippen molar-refractivity contribution in [1.29, 1.82) is 0 Å². The SMILES string of the molecule is Nc1ccccc1C1N/C=C/C=C\CCN1. The molecule has 84 valence electrons. The number of benzene rings is 1. The fourth-order valence-corrected chi connectivity index (χ4v) is 1.73. The van der Waals surface area contributed by atoms with Gasteiger partial charge in [0.2, 0.25) is 0 Å². The number of nitrogens with two attached hydrogens (primary N) is 1. The first kappa shape index (κ1) is 10.8. The van der Waals surface area contributed by atoms with Crippen LogP contribution in [0.4, 0.5) is 5.69 Å². The minimum atomic E-state index is 0.0809. The van der Waals surface area contributed by atoms with E-state index in [1.54, 1.807) is 0 Å². The van der Waals surface area contributed by atoms with E-state index >= 15 is 0 Å². The maximum atomic E-state index is 5.96. The van der Waals surface area contributed by atoms with Gasteiger partial charge < -0.3 is 11.1 Å². The van der Waals surface area contributed by atoms with E-state index in [-0.39, 0.29) is 6.17 Å². The van der Waals surface area contributed by atoms with Crippen molar-refractivity contribution in [3.05, 3.63) is 54.3 Å². The van der Waals surface area contributed by atoms with E-state index in [0.717, 1.165) is 24.2 Å². The monoisotopic (exact) mass is 215 g/mol. The lowest BCUT2D eigenvalue weighted by Crippen LogP contribution is -2.32. The van der Waals surface area contributed by atoms with E-state index in [0.29, 0.717) is 0 Å². The predicted octanol–water partition coefficient (Wildman–Crippen LogP) is 1.92. The Balaban J connectivity index is 2.16. The Labute approximate surface area is 96.0 Å². The third kappa shape index (κ3) is 2.64. The molecule has 0 saturated carbocycles. The van der Waals surface area contributed by atoms with Crippen molar-refractivity contribution in [2.24, 2.45) is 0 Å². The molecule has 3 nitrogen and oxygen atoms in total. The number of hydrogen-bond acceptors (Lipinski definition) is 3. The lowest BCUT2D eigenvalue weighted by atomic mass is 10.1. The summed E-state index contributed by atoms with van der Waals surface area (Å²) in [5.74, 6) is 0. The summed E-state index contributed by atoms with van der Waals surface area (Å²) in [6.45, 7) is 0.935. The first-order chi connectivity index (χ1) is 7.88. The highest BCUT2D eigenvalue weighted by molar-refractivity contribution is 5.48. The summed E-state index contributed by atoms with van der Waals surface area (Å²) in [7, 11) is 0. The van der Waals surface area contributed by atoms with Crippen LogP contribution in [0.2, 0.25) is 0 Å². The van der Waals surface area contributed by atoms with Crippen LogP contribution in [0.15, 0.2) is 48.7 Å². The van der Waals surface area contributed by atoms with Gasteiger partial charge in [-0.1, -0.05) is 30.4 Å². The van der Waals surface area contributed by atoms with Crippen molar-refractivity contribution in [2.45, 2.75) is 12.6 Å². The fraction of sp³-hybridized carbons (Fsp3) is 0.231. The Morgan fingerprint density at radius 1 is 1.19 bits per heavy atom. The van der Waals surface area contributed by atoms with Crippen LogP contribution in [0.25, 0.3) is 0 Å². The van der Waals surface area contributed by atoms with Gasteiger partial charge in [0, 0.05) is 17.8 Å². The Kier molecular flexibility index (Phi) is 3.62. The topological polar surface area (TPSA) is 50.1 Å². The average Bonchev–Trinajstić information content (AvgIpc) is 2.43. The van der Waals surface area contributed by atoms with E-state index in [1.165, 1.54) is 0 Å². The highest BCUT2D eigenvalue weighted by atomic mass is 15.1. The average molecular weight is 215 g/mol. The lowest BCUT2D eigenvalue weighted by molar-refractivity contribution is 0.499. The second-order valence-corrected chi connectivity index (χ2v) is 3.76. The van der Waals surface area contributed by atoms with Gasteiger partial charge in [0.05, 0.1) is 0 Å². The maximum absolute atomic E-state index is 5.96. The van der Waals surface area contributed by atoms with Gasteiger partial charge in [0.15, 0.2) is 0 Å². The van der Waals surface area contributed by atoms with Crippen molar-refractivity contribution in [2.75, 3.05) is 12.3 Å². The number of nitrogen functional groups attached to an aromatic ring is 1. The molecule has 0 bridgehead atoms. The summed E-state index contributed by atoms with van der Waals surface area (Å²) in [6.07, 6.45) is 9.23. The zero-order chi connectivity index (χ0) is 11.2. The highest BCUT2D eigenvalue weighted by Gasteiger charge is 2.10. The molecule has 0 aromatic heterocycles. The normalized spacial score (nSPS) is 24.6. The first-order valence-corrected chi connectivity index (χ1v) is 5.53. The standard InChI is InChI=1S/C13H17N3/c14-12-8-4-3-7-11(12)13-15-9-5-1-2-6-10-16-13/h1-5,7-9,13,15-16H,6,10,14H2/b2-1-,9-5+. The van der Waals surface area contributed by atoms with Gasteiger partial charge in [-0.15, -0.1) is 0 Å². The van der Waals surface area contributed by atoms with Crippen LogP contribution in [-0.4, -0.2) is 6.54 Å². The van der Waals surface area contributed by atoms with E-state index in [4.69, 9.17) is 5.73 Å². The quantitative estimate of drug-likeness (QED) is 0.627. The summed E-state index contributed by atoms with van der Waals surface area (Å²) >= 11 is 0. The van der Waals surface area contributed by atoms with Gasteiger partial charge in [-0.3, -0.25) is 5.32 Å². The smallest absolute Gasteiger partial charge is 0.105 e. The molecule has 2 rings (SSSR count). The molecule has 1 heterocycles. The molecular formula is C13H17N3. The van der Waals surface area contributed by atoms with Crippen LogP contribution in [-0.2, 0) is 0 Å². The summed E-state index contributed by atoms with van der Waals surface area (Å²) in [6, 6.07) is 7.92. The Hall–Kier alpha value is -1.74. The molecule has 0 aliphatic carbocycles. The molecule has 0 fully saturated rings. The molecule has 1 aromatic rings. The number of allylic oxidation sites excluding steroid dienone is 2. The number of hydrogen-bond donors (Lipinski definition) is 3. The van der Waals surface area contributed by atoms with Crippen LogP contribution >= 0.6 is 0 Å². The number of anilines is 1. The molecule has 0 spiro atoms. The second kappa shape index (κ2) is 5.37. The molecule has 1 atom stereocenters. The van der Waals surface area contributed by atoms with Crippen molar-refractivity contribution in [1.82, 2.24) is 10.6 Å². The summed E-state index contributed by atoms with van der Waals surface area (Å²) in [4.78, 5) is 0. The highest BCUT2D eigenvalue weighted by Crippen LogP contribution is 2.18. The van der Waals surface area contributed by atoms with Crippen LogP contribution in [0.1, 0.15) is 18.2 Å². The van der Waals surface area contributed by atoms with Gasteiger partial charge in [-0.2, -0.15) is 0 Å². The van der Waals surface area contributed by atoms with E-state index < -0.39 is 0 Å². The summed E-state index contributed by atoms with van der Waals surface area (Å²) < 4.78 is 0. The third-order valence-electron chi connectivity index (χ3n) is 2.57. The second-order valence-electron chi connectivity index (χ2n) is 3.76. The van der Waals surface area contributed by atoms with Crippen LogP contribution in [0.3, 0.4) is 0 Å². The minimum absolute atomic E-state index is 0.0809. The molecule has 0 saturated heterocycles. The molecule has 1 aromatic carbocycles. The van der Waals surface area contributed by atoms with E-state index in [9.17, 15) is 0 Å². The first-order valence-electron chi connectivity index (χ1n) is 5.53. The van der Waals surface area contributed by atoms with Crippen molar-refractivity contribution in [3.63, 3.8) is 0 Å². The summed E-state index contributed by atoms with van der Waals surface area (Å²) in [5, 5.41) is 6.72. The van der Waals surface area contributed by atoms with Crippen LogP contribution in [0, 0.1) is 0 Å². The van der Waals surface area contributed by atoms with Gasteiger partial charge in [0.25, 0.3) is 0 Å². The minimum Gasteiger partial charge on any atom is -0.398 e. The van der Waals surface area contributed by atoms with Crippen LogP contribution in [0.5, 0.6) is 0 Å². The fourth-order valence-electron chi connectivity index (χ4n) is 1.73. The third-order valence-corrected chi connectivity index (χ3v) is 2.57.